The Hall–Kier alpha value is -1.84. The lowest BCUT2D eigenvalue weighted by Gasteiger charge is -2.29. The fourth-order valence-corrected chi connectivity index (χ4v) is 4.41. The van der Waals surface area contributed by atoms with Gasteiger partial charge in [-0.25, -0.2) is 22.1 Å². The normalized spacial score (nSPS) is 18.9. The topological polar surface area (TPSA) is 79.4 Å². The number of nitrogens with zero attached hydrogens (tertiary/aromatic N) is 2. The minimum Gasteiger partial charge on any atom is -0.302 e. The van der Waals surface area contributed by atoms with Crippen LogP contribution >= 0.6 is 11.3 Å². The maximum Gasteiger partial charge on any atom is 0.230 e. The Morgan fingerprint density at radius 3 is 2.96 bits per heavy atom. The van der Waals surface area contributed by atoms with E-state index in [0.717, 1.165) is 6.26 Å². The second kappa shape index (κ2) is 7.19. The first kappa shape index (κ1) is 18.0. The molecule has 1 aromatic carbocycles. The van der Waals surface area contributed by atoms with Crippen molar-refractivity contribution in [2.24, 2.45) is 5.92 Å². The van der Waals surface area contributed by atoms with Gasteiger partial charge >= 0.3 is 0 Å². The molecule has 1 N–H and O–H groups in total. The van der Waals surface area contributed by atoms with Crippen molar-refractivity contribution in [2.75, 3.05) is 24.7 Å². The smallest absolute Gasteiger partial charge is 0.230 e. The number of thiazole rings is 1. The Morgan fingerprint density at radius 1 is 1.44 bits per heavy atom. The first-order valence-corrected chi connectivity index (χ1v) is 10.5. The Kier molecular flexibility index (Phi) is 5.16. The number of carbonyl (C=O) groups is 1. The Bertz CT molecular complexity index is 882. The van der Waals surface area contributed by atoms with Gasteiger partial charge in [-0.05, 0) is 25.0 Å². The quantitative estimate of drug-likeness (QED) is 0.880. The number of carbonyl (C=O) groups excluding carboxylic acids is 1. The third-order valence-corrected chi connectivity index (χ3v) is 6.11. The first-order valence-electron chi connectivity index (χ1n) is 7.80. The monoisotopic (exact) mass is 383 g/mol. The number of nitrogens with one attached hydrogen (secondary N) is 1. The molecule has 1 aliphatic rings. The van der Waals surface area contributed by atoms with Crippen molar-refractivity contribution in [1.82, 2.24) is 9.29 Å². The summed E-state index contributed by atoms with van der Waals surface area (Å²) >= 11 is 1.25. The molecule has 1 saturated heterocycles. The van der Waals surface area contributed by atoms with Crippen molar-refractivity contribution >= 4 is 32.4 Å². The lowest BCUT2D eigenvalue weighted by Crippen LogP contribution is -2.43. The van der Waals surface area contributed by atoms with Crippen LogP contribution in [-0.2, 0) is 14.8 Å². The molecule has 25 heavy (non-hydrogen) atoms. The number of amides is 1. The van der Waals surface area contributed by atoms with E-state index in [2.05, 4.69) is 10.3 Å². The molecular formula is C16H18FN3O3S2. The number of halogens is 1. The standard InChI is InChI=1S/C16H18FN3O3S2/c1-25(22,23)20-7-3-5-12(9-20)15(21)19-16-18-14(10-24-16)11-4-2-6-13(17)8-11/h2,4,6,8,10,12H,3,5,7,9H2,1H3,(H,18,19,21). The second-order valence-corrected chi connectivity index (χ2v) is 8.84. The SMILES string of the molecule is CS(=O)(=O)N1CCCC(C(=O)Nc2nc(-c3cccc(F)c3)cs2)C1. The number of sulfonamides is 1. The van der Waals surface area contributed by atoms with Gasteiger partial charge in [0, 0.05) is 24.0 Å². The van der Waals surface area contributed by atoms with Crippen LogP contribution < -0.4 is 5.32 Å². The van der Waals surface area contributed by atoms with Crippen molar-refractivity contribution in [3.63, 3.8) is 0 Å². The molecule has 2 aromatic rings. The third kappa shape index (κ3) is 4.42. The number of hydrogen-bond donors (Lipinski definition) is 1. The zero-order chi connectivity index (χ0) is 18.0. The van der Waals surface area contributed by atoms with Gasteiger partial charge in [-0.15, -0.1) is 11.3 Å². The fourth-order valence-electron chi connectivity index (χ4n) is 2.78. The molecule has 134 valence electrons. The highest BCUT2D eigenvalue weighted by Crippen LogP contribution is 2.26. The second-order valence-electron chi connectivity index (χ2n) is 6.00. The molecule has 0 radical (unpaired) electrons. The summed E-state index contributed by atoms with van der Waals surface area (Å²) in [5.74, 6) is -0.988. The number of aromatic nitrogens is 1. The van der Waals surface area contributed by atoms with E-state index in [4.69, 9.17) is 0 Å². The highest BCUT2D eigenvalue weighted by atomic mass is 32.2. The van der Waals surface area contributed by atoms with Crippen molar-refractivity contribution < 1.29 is 17.6 Å². The molecule has 2 heterocycles. The van der Waals surface area contributed by atoms with Crippen LogP contribution in [0.15, 0.2) is 29.6 Å². The van der Waals surface area contributed by atoms with Crippen molar-refractivity contribution in [3.8, 4) is 11.3 Å². The molecule has 0 aliphatic carbocycles. The molecule has 0 bridgehead atoms. The Morgan fingerprint density at radius 2 is 2.24 bits per heavy atom. The van der Waals surface area contributed by atoms with Crippen LogP contribution in [0.3, 0.4) is 0 Å². The van der Waals surface area contributed by atoms with E-state index in [1.807, 2.05) is 0 Å². The van der Waals surface area contributed by atoms with Crippen LogP contribution in [0, 0.1) is 11.7 Å². The summed E-state index contributed by atoms with van der Waals surface area (Å²) in [5.41, 5.74) is 1.22. The predicted octanol–water partition coefficient (Wildman–Crippen LogP) is 2.56. The Labute approximate surface area is 149 Å². The zero-order valence-corrected chi connectivity index (χ0v) is 15.2. The lowest BCUT2D eigenvalue weighted by molar-refractivity contribution is -0.120. The molecule has 9 heteroatoms. The van der Waals surface area contributed by atoms with Gasteiger partial charge < -0.3 is 5.32 Å². The molecule has 3 rings (SSSR count). The summed E-state index contributed by atoms with van der Waals surface area (Å²) in [5, 5.41) is 4.90. The van der Waals surface area contributed by atoms with E-state index in [-0.39, 0.29) is 18.3 Å². The van der Waals surface area contributed by atoms with Crippen LogP contribution in [0.4, 0.5) is 9.52 Å². The number of rotatable bonds is 4. The van der Waals surface area contributed by atoms with Gasteiger partial charge in [-0.3, -0.25) is 4.79 Å². The summed E-state index contributed by atoms with van der Waals surface area (Å²) in [7, 11) is -3.30. The van der Waals surface area contributed by atoms with Gasteiger partial charge in [0.1, 0.15) is 5.82 Å². The molecule has 0 spiro atoms. The number of hydrogen-bond acceptors (Lipinski definition) is 5. The molecule has 1 unspecified atom stereocenters. The summed E-state index contributed by atoms with van der Waals surface area (Å²) in [6.07, 6.45) is 2.44. The van der Waals surface area contributed by atoms with Gasteiger partial charge in [0.15, 0.2) is 5.13 Å². The highest BCUT2D eigenvalue weighted by molar-refractivity contribution is 7.88. The number of piperidine rings is 1. The third-order valence-electron chi connectivity index (χ3n) is 4.08. The van der Waals surface area contributed by atoms with Gasteiger partial charge in [-0.1, -0.05) is 12.1 Å². The first-order chi connectivity index (χ1) is 11.8. The van der Waals surface area contributed by atoms with Crippen LogP contribution in [0.2, 0.25) is 0 Å². The van der Waals surface area contributed by atoms with Gasteiger partial charge in [0.25, 0.3) is 0 Å². The molecule has 6 nitrogen and oxygen atoms in total. The molecule has 1 atom stereocenters. The van der Waals surface area contributed by atoms with Crippen molar-refractivity contribution in [2.45, 2.75) is 12.8 Å². The van der Waals surface area contributed by atoms with Gasteiger partial charge in [-0.2, -0.15) is 0 Å². The van der Waals surface area contributed by atoms with Crippen molar-refractivity contribution in [1.29, 1.82) is 0 Å². The molecule has 1 aliphatic heterocycles. The van der Waals surface area contributed by atoms with E-state index < -0.39 is 15.9 Å². The summed E-state index contributed by atoms with van der Waals surface area (Å²) in [6.45, 7) is 0.635. The lowest BCUT2D eigenvalue weighted by atomic mass is 9.99. The van der Waals surface area contributed by atoms with Crippen LogP contribution in [0.5, 0.6) is 0 Å². The highest BCUT2D eigenvalue weighted by Gasteiger charge is 2.30. The zero-order valence-electron chi connectivity index (χ0n) is 13.6. The summed E-state index contributed by atoms with van der Waals surface area (Å²) < 4.78 is 37.9. The largest absolute Gasteiger partial charge is 0.302 e. The van der Waals surface area contributed by atoms with Crippen LogP contribution in [-0.4, -0.2) is 43.0 Å². The molecule has 1 fully saturated rings. The molecule has 1 aromatic heterocycles. The van der Waals surface area contributed by atoms with Gasteiger partial charge in [0.05, 0.1) is 17.9 Å². The Balaban J connectivity index is 1.67. The molecule has 1 amide bonds. The maximum absolute atomic E-state index is 13.3. The van der Waals surface area contributed by atoms with E-state index >= 15 is 0 Å². The minimum atomic E-state index is -3.30. The fraction of sp³-hybridized carbons (Fsp3) is 0.375. The van der Waals surface area contributed by atoms with Gasteiger partial charge in [0.2, 0.25) is 15.9 Å². The van der Waals surface area contributed by atoms with Crippen molar-refractivity contribution in [3.05, 3.63) is 35.5 Å². The molecular weight excluding hydrogens is 365 g/mol. The van der Waals surface area contributed by atoms with E-state index in [0.29, 0.717) is 35.8 Å². The average Bonchev–Trinajstić information content (AvgIpc) is 3.03. The molecule has 0 saturated carbocycles. The predicted molar refractivity (Wildman–Crippen MR) is 95.3 cm³/mol. The van der Waals surface area contributed by atoms with E-state index in [9.17, 15) is 17.6 Å². The average molecular weight is 383 g/mol. The van der Waals surface area contributed by atoms with Crippen LogP contribution in [0.1, 0.15) is 12.8 Å². The summed E-state index contributed by atoms with van der Waals surface area (Å²) in [6, 6.07) is 6.08. The maximum atomic E-state index is 13.3. The minimum absolute atomic E-state index is 0.187. The number of benzene rings is 1. The van der Waals surface area contributed by atoms with E-state index in [1.54, 1.807) is 17.5 Å². The van der Waals surface area contributed by atoms with Crippen LogP contribution in [0.25, 0.3) is 11.3 Å². The number of anilines is 1. The summed E-state index contributed by atoms with van der Waals surface area (Å²) in [4.78, 5) is 16.7. The van der Waals surface area contributed by atoms with E-state index in [1.165, 1.54) is 27.8 Å².